The molecule has 3 aromatic carbocycles. The van der Waals surface area contributed by atoms with Gasteiger partial charge in [-0.15, -0.1) is 0 Å². The molecule has 0 saturated carbocycles. The molecule has 3 aromatic rings. The highest BCUT2D eigenvalue weighted by molar-refractivity contribution is 6.10. The third kappa shape index (κ3) is 1.91. The zero-order valence-corrected chi connectivity index (χ0v) is 13.9. The largest absolute Gasteiger partial charge is 0.454 e. The topological polar surface area (TPSA) is 83.5 Å². The average molecular weight is 364 g/mol. The van der Waals surface area contributed by atoms with Crippen LogP contribution in [0.3, 0.4) is 0 Å². The van der Waals surface area contributed by atoms with Gasteiger partial charge in [-0.05, 0) is 35.2 Å². The van der Waals surface area contributed by atoms with Crippen LogP contribution in [0.25, 0.3) is 21.9 Å². The minimum Gasteiger partial charge on any atom is -0.454 e. The monoisotopic (exact) mass is 364 g/mol. The predicted molar refractivity (Wildman–Crippen MR) is 92.0 cm³/mol. The molecule has 7 heteroatoms. The highest BCUT2D eigenvalue weighted by Crippen LogP contribution is 2.50. The molecule has 0 spiro atoms. The molecule has 3 aliphatic rings. The van der Waals surface area contributed by atoms with E-state index in [1.54, 1.807) is 18.2 Å². The van der Waals surface area contributed by atoms with Crippen LogP contribution in [0, 0.1) is 0 Å². The first kappa shape index (κ1) is 14.7. The number of benzene rings is 3. The van der Waals surface area contributed by atoms with Crippen LogP contribution in [0.1, 0.15) is 22.2 Å². The lowest BCUT2D eigenvalue weighted by Gasteiger charge is -2.15. The van der Waals surface area contributed by atoms with Crippen LogP contribution < -0.4 is 18.9 Å². The summed E-state index contributed by atoms with van der Waals surface area (Å²) in [6.45, 7) is 0.271. The molecule has 134 valence electrons. The maximum atomic E-state index is 12.2. The van der Waals surface area contributed by atoms with Crippen molar-refractivity contribution in [2.24, 2.45) is 0 Å². The van der Waals surface area contributed by atoms with Crippen LogP contribution >= 0.6 is 0 Å². The number of cyclic esters (lactones) is 1. The normalized spacial score (nSPS) is 18.7. The summed E-state index contributed by atoms with van der Waals surface area (Å²) >= 11 is 0. The number of aliphatic hydroxyl groups is 1. The molecule has 1 atom stereocenters. The van der Waals surface area contributed by atoms with E-state index in [9.17, 15) is 9.90 Å². The molecular weight excluding hydrogens is 352 g/mol. The van der Waals surface area contributed by atoms with Crippen LogP contribution in [-0.4, -0.2) is 24.7 Å². The van der Waals surface area contributed by atoms with E-state index >= 15 is 0 Å². The van der Waals surface area contributed by atoms with Gasteiger partial charge in [-0.25, -0.2) is 4.79 Å². The van der Waals surface area contributed by atoms with Crippen molar-refractivity contribution in [3.05, 3.63) is 47.5 Å². The van der Waals surface area contributed by atoms with E-state index in [2.05, 4.69) is 0 Å². The van der Waals surface area contributed by atoms with E-state index in [0.717, 1.165) is 16.3 Å². The Morgan fingerprint density at radius 2 is 1.67 bits per heavy atom. The molecule has 3 heterocycles. The number of carbonyl (C=O) groups is 1. The Kier molecular flexibility index (Phi) is 2.75. The molecule has 0 aliphatic carbocycles. The molecule has 7 nitrogen and oxygen atoms in total. The van der Waals surface area contributed by atoms with Crippen molar-refractivity contribution in [1.82, 2.24) is 0 Å². The fraction of sp³-hybridized carbons (Fsp3) is 0.150. The molecule has 0 fully saturated rings. The molecule has 0 radical (unpaired) electrons. The fourth-order valence-electron chi connectivity index (χ4n) is 3.87. The number of rotatable bonds is 1. The van der Waals surface area contributed by atoms with Gasteiger partial charge in [-0.2, -0.15) is 0 Å². The highest BCUT2D eigenvalue weighted by Gasteiger charge is 2.36. The summed E-state index contributed by atoms with van der Waals surface area (Å²) in [5.74, 6) is 1.88. The molecule has 0 unspecified atom stereocenters. The second-order valence-corrected chi connectivity index (χ2v) is 6.44. The third-order valence-corrected chi connectivity index (χ3v) is 5.03. The molecule has 1 N–H and O–H groups in total. The molecule has 0 amide bonds. The van der Waals surface area contributed by atoms with Gasteiger partial charge in [0.2, 0.25) is 19.9 Å². The van der Waals surface area contributed by atoms with E-state index in [0.29, 0.717) is 39.7 Å². The molecule has 6 rings (SSSR count). The second kappa shape index (κ2) is 5.05. The van der Waals surface area contributed by atoms with Crippen molar-refractivity contribution in [1.29, 1.82) is 0 Å². The van der Waals surface area contributed by atoms with Crippen LogP contribution in [-0.2, 0) is 4.74 Å². The Balaban J connectivity index is 1.75. The fourth-order valence-corrected chi connectivity index (χ4v) is 3.87. The predicted octanol–water partition coefficient (Wildman–Crippen LogP) is 3.13. The van der Waals surface area contributed by atoms with Crippen molar-refractivity contribution in [2.45, 2.75) is 6.29 Å². The van der Waals surface area contributed by atoms with Crippen molar-refractivity contribution >= 4 is 16.7 Å². The molecule has 3 aliphatic heterocycles. The summed E-state index contributed by atoms with van der Waals surface area (Å²) < 4.78 is 27.2. The quantitative estimate of drug-likeness (QED) is 0.664. The van der Waals surface area contributed by atoms with Crippen molar-refractivity contribution in [3.8, 4) is 34.1 Å². The van der Waals surface area contributed by atoms with Gasteiger partial charge in [-0.1, -0.05) is 12.1 Å². The number of esters is 1. The number of fused-ring (bicyclic) bond motifs is 5. The van der Waals surface area contributed by atoms with E-state index in [1.165, 1.54) is 0 Å². The molecule has 0 bridgehead atoms. The summed E-state index contributed by atoms with van der Waals surface area (Å²) in [6.07, 6.45) is -1.35. The lowest BCUT2D eigenvalue weighted by molar-refractivity contribution is -0.0544. The van der Waals surface area contributed by atoms with Gasteiger partial charge in [0.05, 0.1) is 5.56 Å². The summed E-state index contributed by atoms with van der Waals surface area (Å²) in [5.41, 5.74) is 2.15. The minimum absolute atomic E-state index is 0.115. The van der Waals surface area contributed by atoms with Crippen molar-refractivity contribution in [2.75, 3.05) is 13.6 Å². The van der Waals surface area contributed by atoms with Gasteiger partial charge in [0.25, 0.3) is 0 Å². The Bertz CT molecular complexity index is 1150. The highest BCUT2D eigenvalue weighted by atomic mass is 16.7. The zero-order chi connectivity index (χ0) is 18.1. The maximum Gasteiger partial charge on any atom is 0.341 e. The van der Waals surface area contributed by atoms with Gasteiger partial charge in [0, 0.05) is 16.5 Å². The van der Waals surface area contributed by atoms with Crippen LogP contribution in [0.5, 0.6) is 23.0 Å². The van der Waals surface area contributed by atoms with Gasteiger partial charge in [0.15, 0.2) is 23.0 Å². The Morgan fingerprint density at radius 1 is 0.889 bits per heavy atom. The van der Waals surface area contributed by atoms with E-state index in [1.807, 2.05) is 18.2 Å². The Hall–Kier alpha value is -3.45. The third-order valence-electron chi connectivity index (χ3n) is 5.03. The zero-order valence-electron chi connectivity index (χ0n) is 13.9. The Morgan fingerprint density at radius 3 is 2.59 bits per heavy atom. The molecule has 27 heavy (non-hydrogen) atoms. The van der Waals surface area contributed by atoms with Gasteiger partial charge in [-0.3, -0.25) is 0 Å². The number of carbonyl (C=O) groups excluding carboxylic acids is 1. The summed E-state index contributed by atoms with van der Waals surface area (Å²) in [4.78, 5) is 12.2. The smallest absolute Gasteiger partial charge is 0.341 e. The summed E-state index contributed by atoms with van der Waals surface area (Å²) in [6, 6.07) is 10.8. The van der Waals surface area contributed by atoms with E-state index in [-0.39, 0.29) is 13.6 Å². The number of ether oxygens (including phenoxy) is 5. The number of hydrogen-bond acceptors (Lipinski definition) is 7. The molecule has 0 saturated heterocycles. The van der Waals surface area contributed by atoms with E-state index < -0.39 is 12.3 Å². The first-order chi connectivity index (χ1) is 13.2. The molecule has 0 aromatic heterocycles. The summed E-state index contributed by atoms with van der Waals surface area (Å²) in [5, 5.41) is 12.0. The van der Waals surface area contributed by atoms with Crippen LogP contribution in [0.2, 0.25) is 0 Å². The summed E-state index contributed by atoms with van der Waals surface area (Å²) in [7, 11) is 0. The van der Waals surface area contributed by atoms with E-state index in [4.69, 9.17) is 23.7 Å². The second-order valence-electron chi connectivity index (χ2n) is 6.44. The first-order valence-corrected chi connectivity index (χ1v) is 8.39. The lowest BCUT2D eigenvalue weighted by atomic mass is 9.89. The standard InChI is InChI=1S/C20H12O7/c21-19-11-5-9-2-4-13-18(26-8-24-13)16(9)15(17(11)20(22)27-19)10-1-3-12-14(6-10)25-7-23-12/h1-6,20,22H,7-8H2/t20-/m0/s1. The van der Waals surface area contributed by atoms with Gasteiger partial charge >= 0.3 is 5.97 Å². The number of aliphatic hydroxyl groups excluding tert-OH is 1. The van der Waals surface area contributed by atoms with Gasteiger partial charge in [0.1, 0.15) is 0 Å². The Labute approximate surface area is 152 Å². The molecular formula is C20H12O7. The van der Waals surface area contributed by atoms with Crippen LogP contribution in [0.15, 0.2) is 36.4 Å². The van der Waals surface area contributed by atoms with Crippen LogP contribution in [0.4, 0.5) is 0 Å². The SMILES string of the molecule is O=C1O[C@H](O)c2c1cc1ccc3c(c1c2-c1ccc2c(c1)OCO2)OCO3. The minimum atomic E-state index is -1.35. The first-order valence-electron chi connectivity index (χ1n) is 8.39. The van der Waals surface area contributed by atoms with Crippen molar-refractivity contribution in [3.63, 3.8) is 0 Å². The van der Waals surface area contributed by atoms with Gasteiger partial charge < -0.3 is 28.8 Å². The van der Waals surface area contributed by atoms with Crippen molar-refractivity contribution < 1.29 is 33.6 Å². The maximum absolute atomic E-state index is 12.2. The average Bonchev–Trinajstić information content (AvgIpc) is 3.39. The number of hydrogen-bond donors (Lipinski definition) is 1. The lowest BCUT2D eigenvalue weighted by Crippen LogP contribution is -1.99.